The minimum atomic E-state index is 0.200. The van der Waals surface area contributed by atoms with Gasteiger partial charge in [0.2, 0.25) is 0 Å². The lowest BCUT2D eigenvalue weighted by Crippen LogP contribution is -2.34. The molecule has 3 heteroatoms. The van der Waals surface area contributed by atoms with E-state index < -0.39 is 0 Å². The summed E-state index contributed by atoms with van der Waals surface area (Å²) in [4.78, 5) is 2.45. The molecule has 0 unspecified atom stereocenters. The van der Waals surface area contributed by atoms with E-state index in [9.17, 15) is 0 Å². The Bertz CT molecular complexity index is 769. The fraction of sp³-hybridized carbons (Fsp3) is 0.333. The highest BCUT2D eigenvalue weighted by molar-refractivity contribution is 5.93. The van der Waals surface area contributed by atoms with E-state index in [-0.39, 0.29) is 5.41 Å². The monoisotopic (exact) mass is 321 g/mol. The van der Waals surface area contributed by atoms with E-state index in [2.05, 4.69) is 79.5 Å². The summed E-state index contributed by atoms with van der Waals surface area (Å²) < 4.78 is 0. The maximum Gasteiger partial charge on any atom is 0.0655 e. The Kier molecular flexibility index (Phi) is 4.27. The Morgan fingerprint density at radius 2 is 1.62 bits per heavy atom. The number of hydrogen-bond donors (Lipinski definition) is 2. The number of benzene rings is 2. The van der Waals surface area contributed by atoms with Gasteiger partial charge in [-0.3, -0.25) is 0 Å². The van der Waals surface area contributed by atoms with E-state index in [0.717, 1.165) is 30.0 Å². The van der Waals surface area contributed by atoms with Crippen LogP contribution in [0, 0.1) is 5.41 Å². The Balaban J connectivity index is 2.25. The van der Waals surface area contributed by atoms with E-state index in [1.807, 2.05) is 7.05 Å². The number of hydrogen-bond acceptors (Lipinski definition) is 3. The Morgan fingerprint density at radius 3 is 2.29 bits per heavy atom. The molecule has 2 aromatic rings. The van der Waals surface area contributed by atoms with Crippen molar-refractivity contribution < 1.29 is 0 Å². The van der Waals surface area contributed by atoms with Crippen LogP contribution in [0.3, 0.4) is 0 Å². The summed E-state index contributed by atoms with van der Waals surface area (Å²) in [7, 11) is 1.94. The second-order valence-corrected chi connectivity index (χ2v) is 7.63. The van der Waals surface area contributed by atoms with E-state index >= 15 is 0 Å². The zero-order chi connectivity index (χ0) is 17.3. The minimum Gasteiger partial charge on any atom is -0.396 e. The predicted molar refractivity (Wildman–Crippen MR) is 103 cm³/mol. The third-order valence-corrected chi connectivity index (χ3v) is 4.37. The summed E-state index contributed by atoms with van der Waals surface area (Å²) in [5, 5.41) is 3.32. The number of rotatable bonds is 2. The third-order valence-electron chi connectivity index (χ3n) is 4.37. The molecule has 0 bridgehead atoms. The predicted octanol–water partition coefficient (Wildman–Crippen LogP) is 4.06. The van der Waals surface area contributed by atoms with E-state index in [1.165, 1.54) is 16.8 Å². The first-order valence-electron chi connectivity index (χ1n) is 8.51. The second kappa shape index (κ2) is 6.23. The van der Waals surface area contributed by atoms with Gasteiger partial charge >= 0.3 is 0 Å². The SMILES string of the molecule is CN/C1=C(\N)c2ccccc2N(CC(C)(C)C)Cc2ccccc21. The van der Waals surface area contributed by atoms with Gasteiger partial charge in [0.15, 0.2) is 0 Å². The lowest BCUT2D eigenvalue weighted by atomic mass is 9.92. The van der Waals surface area contributed by atoms with Crippen molar-refractivity contribution in [3.8, 4) is 0 Å². The molecule has 0 fully saturated rings. The molecule has 1 heterocycles. The number of nitrogens with zero attached hydrogens (tertiary/aromatic N) is 1. The van der Waals surface area contributed by atoms with Gasteiger partial charge in [-0.2, -0.15) is 0 Å². The summed E-state index contributed by atoms with van der Waals surface area (Å²) in [5.41, 5.74) is 13.4. The fourth-order valence-corrected chi connectivity index (χ4v) is 3.43. The zero-order valence-corrected chi connectivity index (χ0v) is 15.1. The van der Waals surface area contributed by atoms with Crippen LogP contribution in [-0.4, -0.2) is 13.6 Å². The molecule has 0 atom stereocenters. The molecule has 0 radical (unpaired) electrons. The van der Waals surface area contributed by atoms with Crippen LogP contribution in [0.25, 0.3) is 11.4 Å². The normalized spacial score (nSPS) is 17.6. The molecular weight excluding hydrogens is 294 g/mol. The molecule has 1 aliphatic heterocycles. The van der Waals surface area contributed by atoms with Crippen LogP contribution in [-0.2, 0) is 6.54 Å². The number of anilines is 1. The van der Waals surface area contributed by atoms with Crippen LogP contribution in [0.4, 0.5) is 5.69 Å². The van der Waals surface area contributed by atoms with Crippen LogP contribution in [0.1, 0.15) is 37.5 Å². The van der Waals surface area contributed by atoms with E-state index in [1.54, 1.807) is 0 Å². The van der Waals surface area contributed by atoms with Crippen LogP contribution < -0.4 is 16.0 Å². The lowest BCUT2D eigenvalue weighted by molar-refractivity contribution is 0.408. The van der Waals surface area contributed by atoms with E-state index in [4.69, 9.17) is 5.73 Å². The van der Waals surface area contributed by atoms with Crippen molar-refractivity contribution >= 4 is 17.1 Å². The van der Waals surface area contributed by atoms with Gasteiger partial charge in [-0.1, -0.05) is 63.2 Å². The van der Waals surface area contributed by atoms with Crippen LogP contribution >= 0.6 is 0 Å². The molecule has 3 rings (SSSR count). The smallest absolute Gasteiger partial charge is 0.0655 e. The summed E-state index contributed by atoms with van der Waals surface area (Å²) in [6.45, 7) is 8.68. The van der Waals surface area contributed by atoms with Gasteiger partial charge in [0.25, 0.3) is 0 Å². The maximum atomic E-state index is 6.60. The van der Waals surface area contributed by atoms with Crippen molar-refractivity contribution in [2.45, 2.75) is 27.3 Å². The molecular formula is C21H27N3. The second-order valence-electron chi connectivity index (χ2n) is 7.63. The molecule has 0 saturated carbocycles. The first kappa shape index (κ1) is 16.4. The number of para-hydroxylation sites is 1. The molecule has 2 aromatic carbocycles. The average molecular weight is 321 g/mol. The topological polar surface area (TPSA) is 41.3 Å². The first-order valence-corrected chi connectivity index (χ1v) is 8.51. The molecule has 0 spiro atoms. The van der Waals surface area contributed by atoms with Crippen molar-refractivity contribution in [3.63, 3.8) is 0 Å². The van der Waals surface area contributed by atoms with Crippen LogP contribution in [0.15, 0.2) is 48.5 Å². The van der Waals surface area contributed by atoms with Crippen molar-refractivity contribution in [2.75, 3.05) is 18.5 Å². The van der Waals surface area contributed by atoms with Crippen LogP contribution in [0.2, 0.25) is 0 Å². The first-order chi connectivity index (χ1) is 11.4. The highest BCUT2D eigenvalue weighted by Crippen LogP contribution is 2.35. The minimum absolute atomic E-state index is 0.200. The van der Waals surface area contributed by atoms with Gasteiger partial charge in [0, 0.05) is 37.0 Å². The van der Waals surface area contributed by atoms with Gasteiger partial charge in [0.05, 0.1) is 11.4 Å². The molecule has 3 nitrogen and oxygen atoms in total. The highest BCUT2D eigenvalue weighted by Gasteiger charge is 2.24. The summed E-state index contributed by atoms with van der Waals surface area (Å²) in [6, 6.07) is 17.0. The highest BCUT2D eigenvalue weighted by atomic mass is 15.1. The number of nitrogens with one attached hydrogen (secondary N) is 1. The van der Waals surface area contributed by atoms with Crippen molar-refractivity contribution in [3.05, 3.63) is 65.2 Å². The van der Waals surface area contributed by atoms with E-state index in [0.29, 0.717) is 0 Å². The van der Waals surface area contributed by atoms with Gasteiger partial charge in [-0.05, 0) is 17.0 Å². The Labute approximate surface area is 145 Å². The molecule has 0 saturated heterocycles. The molecule has 0 amide bonds. The standard InChI is InChI=1S/C21H27N3/c1-21(2,3)14-24-13-15-9-5-6-10-16(15)20(23-4)19(22)17-11-7-8-12-18(17)24/h5-12,23H,13-14,22H2,1-4H3/b20-19-. The fourth-order valence-electron chi connectivity index (χ4n) is 3.43. The molecule has 0 aliphatic carbocycles. The van der Waals surface area contributed by atoms with Crippen molar-refractivity contribution in [1.29, 1.82) is 0 Å². The van der Waals surface area contributed by atoms with Gasteiger partial charge in [-0.25, -0.2) is 0 Å². The lowest BCUT2D eigenvalue weighted by Gasteiger charge is -2.35. The van der Waals surface area contributed by atoms with Gasteiger partial charge < -0.3 is 16.0 Å². The quantitative estimate of drug-likeness (QED) is 0.876. The van der Waals surface area contributed by atoms with Gasteiger partial charge in [0.1, 0.15) is 0 Å². The molecule has 0 aromatic heterocycles. The third kappa shape index (κ3) is 3.12. The Morgan fingerprint density at radius 1 is 1.00 bits per heavy atom. The van der Waals surface area contributed by atoms with Crippen molar-refractivity contribution in [2.24, 2.45) is 11.1 Å². The summed E-state index contributed by atoms with van der Waals surface area (Å²) in [5.74, 6) is 0. The molecule has 3 N–H and O–H groups in total. The zero-order valence-electron chi connectivity index (χ0n) is 15.1. The van der Waals surface area contributed by atoms with Gasteiger partial charge in [-0.15, -0.1) is 0 Å². The number of nitrogens with two attached hydrogens (primary N) is 1. The summed E-state index contributed by atoms with van der Waals surface area (Å²) >= 11 is 0. The maximum absolute atomic E-state index is 6.60. The Hall–Kier alpha value is -2.42. The molecule has 24 heavy (non-hydrogen) atoms. The molecule has 126 valence electrons. The van der Waals surface area contributed by atoms with Crippen LogP contribution in [0.5, 0.6) is 0 Å². The average Bonchev–Trinajstić information content (AvgIpc) is 2.54. The van der Waals surface area contributed by atoms with Crippen molar-refractivity contribution in [1.82, 2.24) is 5.32 Å². The summed E-state index contributed by atoms with van der Waals surface area (Å²) in [6.07, 6.45) is 0. The largest absolute Gasteiger partial charge is 0.396 e. The molecule has 1 aliphatic rings. The number of fused-ring (bicyclic) bond motifs is 2.